The molecule has 0 bridgehead atoms. The number of fused-ring (bicyclic) bond motifs is 1. The molecule has 90 valence electrons. The zero-order valence-electron chi connectivity index (χ0n) is 9.09. The molecule has 0 spiro atoms. The van der Waals surface area contributed by atoms with E-state index in [2.05, 4.69) is 15.0 Å². The first-order chi connectivity index (χ1) is 8.63. The van der Waals surface area contributed by atoms with Gasteiger partial charge in [-0.25, -0.2) is 4.98 Å². The highest BCUT2D eigenvalue weighted by molar-refractivity contribution is 6.30. The van der Waals surface area contributed by atoms with Crippen molar-refractivity contribution >= 4 is 34.6 Å². The monoisotopic (exact) mass is 261 g/mol. The molecule has 0 saturated heterocycles. The summed E-state index contributed by atoms with van der Waals surface area (Å²) < 4.78 is 5.49. The Balaban J connectivity index is 2.19. The van der Waals surface area contributed by atoms with Gasteiger partial charge < -0.3 is 15.9 Å². The fraction of sp³-hybridized carbons (Fsp3) is 0. The highest BCUT2D eigenvalue weighted by Crippen LogP contribution is 2.26. The van der Waals surface area contributed by atoms with Gasteiger partial charge in [-0.15, -0.1) is 0 Å². The zero-order chi connectivity index (χ0) is 12.7. The topological polar surface area (TPSA) is 104 Å². The van der Waals surface area contributed by atoms with Gasteiger partial charge in [-0.1, -0.05) is 11.6 Å². The minimum Gasteiger partial charge on any atom is -0.417 e. The van der Waals surface area contributed by atoms with Crippen molar-refractivity contribution in [3.05, 3.63) is 29.3 Å². The molecular formula is C11H8ClN5O. The first kappa shape index (κ1) is 10.8. The maximum Gasteiger partial charge on any atom is 0.254 e. The molecule has 6 nitrogen and oxygen atoms in total. The predicted octanol–water partition coefficient (Wildman–Crippen LogP) is 2.10. The van der Waals surface area contributed by atoms with Crippen molar-refractivity contribution in [2.24, 2.45) is 0 Å². The lowest BCUT2D eigenvalue weighted by Crippen LogP contribution is -1.99. The van der Waals surface area contributed by atoms with Crippen LogP contribution in [0, 0.1) is 0 Å². The van der Waals surface area contributed by atoms with Gasteiger partial charge in [-0.05, 0) is 24.3 Å². The number of nitrogens with zero attached hydrogens (tertiary/aromatic N) is 3. The summed E-state index contributed by atoms with van der Waals surface area (Å²) in [6, 6.07) is 7.07. The van der Waals surface area contributed by atoms with E-state index in [0.29, 0.717) is 16.4 Å². The maximum absolute atomic E-state index is 5.81. The van der Waals surface area contributed by atoms with E-state index < -0.39 is 0 Å². The molecule has 0 aliphatic carbocycles. The number of anilines is 2. The molecule has 3 rings (SSSR count). The highest BCUT2D eigenvalue weighted by atomic mass is 35.5. The van der Waals surface area contributed by atoms with Gasteiger partial charge in [0.05, 0.1) is 0 Å². The Morgan fingerprint density at radius 2 is 1.72 bits per heavy atom. The number of rotatable bonds is 1. The van der Waals surface area contributed by atoms with Crippen LogP contribution in [0.3, 0.4) is 0 Å². The van der Waals surface area contributed by atoms with Gasteiger partial charge >= 0.3 is 0 Å². The van der Waals surface area contributed by atoms with Crippen molar-refractivity contribution < 1.29 is 4.42 Å². The summed E-state index contributed by atoms with van der Waals surface area (Å²) in [5.41, 5.74) is 12.6. The molecule has 0 radical (unpaired) electrons. The van der Waals surface area contributed by atoms with E-state index in [1.807, 2.05) is 0 Å². The second kappa shape index (κ2) is 3.85. The minimum absolute atomic E-state index is 0.0545. The van der Waals surface area contributed by atoms with E-state index in [9.17, 15) is 0 Å². The Labute approximate surface area is 107 Å². The first-order valence-corrected chi connectivity index (χ1v) is 5.47. The summed E-state index contributed by atoms with van der Waals surface area (Å²) in [7, 11) is 0. The maximum atomic E-state index is 5.81. The Bertz CT molecular complexity index is 722. The number of halogens is 1. The zero-order valence-corrected chi connectivity index (χ0v) is 9.85. The van der Waals surface area contributed by atoms with Crippen LogP contribution >= 0.6 is 11.6 Å². The second-order valence-electron chi connectivity index (χ2n) is 3.65. The summed E-state index contributed by atoms with van der Waals surface area (Å²) in [6.45, 7) is 0. The third kappa shape index (κ3) is 1.72. The van der Waals surface area contributed by atoms with E-state index in [-0.39, 0.29) is 17.5 Å². The van der Waals surface area contributed by atoms with E-state index >= 15 is 0 Å². The molecule has 2 heterocycles. The molecule has 18 heavy (non-hydrogen) atoms. The van der Waals surface area contributed by atoms with Crippen LogP contribution in [0.1, 0.15) is 0 Å². The fourth-order valence-electron chi connectivity index (χ4n) is 1.58. The molecule has 0 aliphatic rings. The lowest BCUT2D eigenvalue weighted by molar-refractivity contribution is 0.608. The second-order valence-corrected chi connectivity index (χ2v) is 4.08. The molecule has 1 aromatic carbocycles. The molecule has 0 amide bonds. The van der Waals surface area contributed by atoms with Crippen LogP contribution < -0.4 is 11.5 Å². The van der Waals surface area contributed by atoms with Crippen molar-refractivity contribution in [3.63, 3.8) is 0 Å². The molecule has 4 N–H and O–H groups in total. The summed E-state index contributed by atoms with van der Waals surface area (Å²) >= 11 is 5.81. The summed E-state index contributed by atoms with van der Waals surface area (Å²) in [5, 5.41) is 0.637. The molecule has 2 aromatic heterocycles. The van der Waals surface area contributed by atoms with Gasteiger partial charge in [0.2, 0.25) is 11.8 Å². The lowest BCUT2D eigenvalue weighted by atomic mass is 10.2. The first-order valence-electron chi connectivity index (χ1n) is 5.09. The Morgan fingerprint density at radius 3 is 2.44 bits per heavy atom. The van der Waals surface area contributed by atoms with Gasteiger partial charge in [0.15, 0.2) is 11.3 Å². The number of hydrogen-bond donors (Lipinski definition) is 2. The van der Waals surface area contributed by atoms with Crippen LogP contribution in [0.4, 0.5) is 11.8 Å². The van der Waals surface area contributed by atoms with Crippen molar-refractivity contribution in [1.29, 1.82) is 0 Å². The third-order valence-corrected chi connectivity index (χ3v) is 2.65. The van der Waals surface area contributed by atoms with E-state index in [1.54, 1.807) is 24.3 Å². The van der Waals surface area contributed by atoms with Gasteiger partial charge in [-0.3, -0.25) is 0 Å². The molecule has 0 fully saturated rings. The number of benzene rings is 1. The van der Waals surface area contributed by atoms with Crippen LogP contribution in [-0.2, 0) is 0 Å². The summed E-state index contributed by atoms with van der Waals surface area (Å²) in [6.07, 6.45) is 0. The van der Waals surface area contributed by atoms with Gasteiger partial charge in [0.25, 0.3) is 5.71 Å². The van der Waals surface area contributed by atoms with Crippen molar-refractivity contribution in [1.82, 2.24) is 15.0 Å². The smallest absolute Gasteiger partial charge is 0.254 e. The summed E-state index contributed by atoms with van der Waals surface area (Å²) in [4.78, 5) is 12.0. The van der Waals surface area contributed by atoms with E-state index in [1.165, 1.54) is 0 Å². The number of nitrogens with two attached hydrogens (primary N) is 2. The minimum atomic E-state index is 0.0545. The van der Waals surface area contributed by atoms with Crippen LogP contribution in [0.25, 0.3) is 22.7 Å². The molecule has 0 saturated carbocycles. The van der Waals surface area contributed by atoms with E-state index in [0.717, 1.165) is 5.56 Å². The molecule has 3 aromatic rings. The number of nitrogen functional groups attached to an aromatic ring is 2. The van der Waals surface area contributed by atoms with Crippen LogP contribution in [0.2, 0.25) is 5.02 Å². The Morgan fingerprint density at radius 1 is 1.00 bits per heavy atom. The van der Waals surface area contributed by atoms with Crippen molar-refractivity contribution in [2.45, 2.75) is 0 Å². The molecule has 0 unspecified atom stereocenters. The largest absolute Gasteiger partial charge is 0.417 e. The average Bonchev–Trinajstić information content (AvgIpc) is 2.74. The molecule has 0 atom stereocenters. The molecule has 0 aliphatic heterocycles. The Hall–Kier alpha value is -2.34. The molecule has 7 heteroatoms. The summed E-state index contributed by atoms with van der Waals surface area (Å²) in [5.74, 6) is 0.647. The molecular weight excluding hydrogens is 254 g/mol. The van der Waals surface area contributed by atoms with Gasteiger partial charge in [-0.2, -0.15) is 9.97 Å². The van der Waals surface area contributed by atoms with Crippen molar-refractivity contribution in [2.75, 3.05) is 11.5 Å². The van der Waals surface area contributed by atoms with Gasteiger partial charge in [0, 0.05) is 10.6 Å². The van der Waals surface area contributed by atoms with Crippen LogP contribution in [-0.4, -0.2) is 15.0 Å². The SMILES string of the molecule is Nc1nc(N)c2nc(-c3ccc(Cl)cc3)oc2n1. The highest BCUT2D eigenvalue weighted by Gasteiger charge is 2.13. The number of hydrogen-bond acceptors (Lipinski definition) is 6. The number of oxazole rings is 1. The fourth-order valence-corrected chi connectivity index (χ4v) is 1.70. The third-order valence-electron chi connectivity index (χ3n) is 2.39. The van der Waals surface area contributed by atoms with Gasteiger partial charge in [0.1, 0.15) is 0 Å². The van der Waals surface area contributed by atoms with Crippen LogP contribution in [0.5, 0.6) is 0 Å². The predicted molar refractivity (Wildman–Crippen MR) is 68.9 cm³/mol. The standard InChI is InChI=1S/C11H8ClN5O/c12-6-3-1-5(2-4-6)9-15-7-8(13)16-11(14)17-10(7)18-9/h1-4H,(H4,13,14,16,17). The van der Waals surface area contributed by atoms with Crippen molar-refractivity contribution in [3.8, 4) is 11.5 Å². The average molecular weight is 262 g/mol. The quantitative estimate of drug-likeness (QED) is 0.695. The number of aromatic nitrogens is 3. The van der Waals surface area contributed by atoms with E-state index in [4.69, 9.17) is 27.5 Å². The normalized spacial score (nSPS) is 10.9. The Kier molecular flexibility index (Phi) is 2.31. The van der Waals surface area contributed by atoms with Crippen LogP contribution in [0.15, 0.2) is 28.7 Å². The lowest BCUT2D eigenvalue weighted by Gasteiger charge is -1.93.